The Hall–Kier alpha value is -5.38. The first kappa shape index (κ1) is 50.4. The number of aliphatic hydroxyl groups excluding tert-OH is 2. The zero-order valence-corrected chi connectivity index (χ0v) is 44.1. The molecule has 2 aliphatic heterocycles. The third-order valence-electron chi connectivity index (χ3n) is 20.6. The number of H-pyrrole nitrogens is 1. The largest absolute Gasteiger partial charge is 0.504 e. The van der Waals surface area contributed by atoms with E-state index in [4.69, 9.17) is 10.5 Å². The predicted octanol–water partition coefficient (Wildman–Crippen LogP) is 9.29. The summed E-state index contributed by atoms with van der Waals surface area (Å²) < 4.78 is 5.62. The number of carbonyl (C=O) groups excluding carboxylic acids is 2. The summed E-state index contributed by atoms with van der Waals surface area (Å²) in [5, 5.41) is 50.0. The number of fused-ring (bicyclic) bond motifs is 6. The van der Waals surface area contributed by atoms with Crippen molar-refractivity contribution in [2.75, 3.05) is 26.7 Å². The minimum Gasteiger partial charge on any atom is -0.504 e. The Labute approximate surface area is 443 Å². The number of ketones is 2. The number of carbonyl (C=O) groups is 2. The number of ether oxygens (including phenoxy) is 1. The van der Waals surface area contributed by atoms with Gasteiger partial charge in [0, 0.05) is 67.0 Å². The Bertz CT molecular complexity index is 2940. The highest BCUT2D eigenvalue weighted by molar-refractivity contribution is 5.89. The van der Waals surface area contributed by atoms with E-state index in [0.29, 0.717) is 111 Å². The number of nitrogens with one attached hydrogen (secondary N) is 4. The number of methoxy groups -OCH3 is 1. The first-order valence-corrected chi connectivity index (χ1v) is 28.9. The molecule has 75 heavy (non-hydrogen) atoms. The minimum atomic E-state index is -1.23. The zero-order valence-electron chi connectivity index (χ0n) is 44.1. The molecule has 1 saturated heterocycles. The molecule has 8 aliphatic rings. The topological polar surface area (TPSA) is 182 Å². The number of hydrogen-bond donors (Lipinski definition) is 8. The van der Waals surface area contributed by atoms with Crippen molar-refractivity contribution in [1.29, 1.82) is 0 Å². The second kappa shape index (κ2) is 20.5. The average Bonchev–Trinajstić information content (AvgIpc) is 3.93. The van der Waals surface area contributed by atoms with Crippen molar-refractivity contribution >= 4 is 22.3 Å². The summed E-state index contributed by atoms with van der Waals surface area (Å²) in [6.07, 6.45) is 16.9. The summed E-state index contributed by atoms with van der Waals surface area (Å²) in [4.78, 5) is 32.4. The predicted molar refractivity (Wildman–Crippen MR) is 293 cm³/mol. The van der Waals surface area contributed by atoms with Gasteiger partial charge in [0.25, 0.3) is 0 Å². The summed E-state index contributed by atoms with van der Waals surface area (Å²) in [5.41, 5.74) is 11.7. The quantitative estimate of drug-likeness (QED) is 0.0638. The van der Waals surface area contributed by atoms with Crippen LogP contribution >= 0.6 is 0 Å². The van der Waals surface area contributed by atoms with Gasteiger partial charge in [-0.2, -0.15) is 0 Å². The van der Waals surface area contributed by atoms with Crippen LogP contribution in [-0.4, -0.2) is 82.4 Å². The summed E-state index contributed by atoms with van der Waals surface area (Å²) in [6.45, 7) is 4.60. The van der Waals surface area contributed by atoms with Crippen LogP contribution in [0.5, 0.6) is 11.5 Å². The van der Waals surface area contributed by atoms with E-state index < -0.39 is 23.5 Å². The van der Waals surface area contributed by atoms with Crippen LogP contribution in [0.25, 0.3) is 10.8 Å². The third-order valence-corrected chi connectivity index (χ3v) is 20.6. The Balaban J connectivity index is 0.848. The monoisotopic (exact) mass is 1010 g/mol. The molecule has 1 aromatic heterocycles. The van der Waals surface area contributed by atoms with Gasteiger partial charge in [0.05, 0.1) is 25.1 Å². The van der Waals surface area contributed by atoms with Gasteiger partial charge in [-0.3, -0.25) is 9.59 Å². The number of rotatable bonds is 12. The molecular weight excluding hydrogens is 935 g/mol. The van der Waals surface area contributed by atoms with Crippen LogP contribution in [0.4, 0.5) is 0 Å². The lowest BCUT2D eigenvalue weighted by Crippen LogP contribution is -2.72. The van der Waals surface area contributed by atoms with E-state index in [-0.39, 0.29) is 47.3 Å². The molecule has 396 valence electrons. The highest BCUT2D eigenvalue weighted by atomic mass is 16.5. The molecule has 5 fully saturated rings. The summed E-state index contributed by atoms with van der Waals surface area (Å²) >= 11 is 0. The smallest absolute Gasteiger partial charge is 0.160 e. The molecule has 4 aromatic rings. The molecule has 14 unspecified atom stereocenters. The van der Waals surface area contributed by atoms with Gasteiger partial charge in [-0.05, 0) is 182 Å². The maximum absolute atomic E-state index is 15.0. The van der Waals surface area contributed by atoms with Gasteiger partial charge in [0.15, 0.2) is 17.3 Å². The third kappa shape index (κ3) is 9.03. The SMILES string of the molecule is CCNCC1C(C2CCC3(C#CC(CCC(O)CC(C4=CCNC(N)=C4)c4ccc5ccccc5c4)c4cc(O)c(OC)cc4CCC3=O)C(O)C2)CC2C3C1c1[nH]ccc1C1CC(=O)CC(NC24CCCCC4)C13. The van der Waals surface area contributed by atoms with Crippen molar-refractivity contribution in [2.24, 2.45) is 46.7 Å². The first-order valence-electron chi connectivity index (χ1n) is 28.9. The lowest BCUT2D eigenvalue weighted by molar-refractivity contribution is -0.142. The van der Waals surface area contributed by atoms with Crippen LogP contribution in [0.2, 0.25) is 0 Å². The van der Waals surface area contributed by atoms with E-state index in [1.165, 1.54) is 37.6 Å². The number of nitrogens with two attached hydrogens (primary N) is 1. The van der Waals surface area contributed by atoms with Gasteiger partial charge in [-0.15, -0.1) is 0 Å². The molecular formula is C64H79N5O6. The maximum atomic E-state index is 15.0. The van der Waals surface area contributed by atoms with Gasteiger partial charge in [-0.1, -0.05) is 86.6 Å². The molecule has 11 heteroatoms. The number of phenolic OH excluding ortho intramolecular Hbond substituents is 1. The fourth-order valence-corrected chi connectivity index (χ4v) is 17.3. The fraction of sp³-hybridized carbons (Fsp3) is 0.562. The normalized spacial score (nSPS) is 33.5. The number of aromatic hydroxyl groups is 1. The molecule has 11 nitrogen and oxygen atoms in total. The van der Waals surface area contributed by atoms with Crippen LogP contribution in [0, 0.1) is 52.8 Å². The Kier molecular flexibility index (Phi) is 13.8. The van der Waals surface area contributed by atoms with Crippen molar-refractivity contribution in [1.82, 2.24) is 20.9 Å². The van der Waals surface area contributed by atoms with E-state index in [0.717, 1.165) is 71.8 Å². The Morgan fingerprint density at radius 3 is 2.60 bits per heavy atom. The van der Waals surface area contributed by atoms with Crippen LogP contribution in [0.15, 0.2) is 90.4 Å². The number of aryl methyl sites for hydroxylation is 1. The second-order valence-corrected chi connectivity index (χ2v) is 24.3. The fourth-order valence-electron chi connectivity index (χ4n) is 17.3. The molecule has 2 spiro atoms. The summed E-state index contributed by atoms with van der Waals surface area (Å²) in [6, 6.07) is 20.9. The summed E-state index contributed by atoms with van der Waals surface area (Å²) in [7, 11) is 1.54. The van der Waals surface area contributed by atoms with E-state index in [1.54, 1.807) is 6.07 Å². The highest BCUT2D eigenvalue weighted by Crippen LogP contribution is 2.67. The van der Waals surface area contributed by atoms with E-state index in [9.17, 15) is 20.1 Å². The number of aromatic amines is 1. The molecule has 9 N–H and O–H groups in total. The van der Waals surface area contributed by atoms with Gasteiger partial charge in [-0.25, -0.2) is 0 Å². The van der Waals surface area contributed by atoms with Gasteiger partial charge in [0.2, 0.25) is 0 Å². The molecule has 0 radical (unpaired) electrons. The Morgan fingerprint density at radius 2 is 1.80 bits per heavy atom. The molecule has 12 rings (SSSR count). The first-order chi connectivity index (χ1) is 36.5. The Morgan fingerprint density at radius 1 is 0.960 bits per heavy atom. The van der Waals surface area contributed by atoms with E-state index in [2.05, 4.69) is 88.4 Å². The molecule has 3 aromatic carbocycles. The number of allylic oxidation sites excluding steroid dienone is 2. The number of hydrogen-bond acceptors (Lipinski definition) is 10. The molecule has 3 heterocycles. The lowest BCUT2D eigenvalue weighted by atomic mass is 9.42. The maximum Gasteiger partial charge on any atom is 0.160 e. The standard InChI is InChI=1S/C64H79N5O6/c1-3-66-36-51-49(34-52-61-59-50(46-20-26-68-62(46)60(51)61)32-45(71)33-53(59)69-64(52)21-7-4-8-22-64)42-18-24-63(57(74)29-42)23-17-38(48-35-54(72)55(75-2)28-41(48)14-16-56(63)73)13-15-44(70)31-47(43-19-25-67-58(65)30-43)40-12-11-37-9-5-6-10-39(37)27-40/h5-6,9-12,19-20,26-28,30,35,38,42,44,47,49-53,57,59-61,66-70,72,74H,3-4,7-8,13-16,18,21-22,24-25,29,31-34,36,65H2,1-2H3. The van der Waals surface area contributed by atoms with Crippen molar-refractivity contribution in [3.05, 3.63) is 118 Å². The number of Topliss-reactive ketones (excluding diaryl/α,β-unsaturated/α-hetero) is 2. The number of dihydropyridines is 1. The molecule has 14 atom stereocenters. The second-order valence-electron chi connectivity index (χ2n) is 24.3. The highest BCUT2D eigenvalue weighted by Gasteiger charge is 2.65. The molecule has 6 aliphatic carbocycles. The summed E-state index contributed by atoms with van der Waals surface area (Å²) in [5.74, 6) is 10.9. The molecule has 4 saturated carbocycles. The minimum absolute atomic E-state index is 0.00544. The van der Waals surface area contributed by atoms with Gasteiger partial charge in [0.1, 0.15) is 11.2 Å². The van der Waals surface area contributed by atoms with Gasteiger partial charge >= 0.3 is 0 Å². The lowest BCUT2D eigenvalue weighted by Gasteiger charge is -2.67. The number of aliphatic hydroxyl groups is 2. The number of aromatic nitrogens is 1. The number of piperidine rings is 1. The van der Waals surface area contributed by atoms with Crippen molar-refractivity contribution < 1.29 is 29.6 Å². The van der Waals surface area contributed by atoms with Crippen molar-refractivity contribution in [2.45, 2.75) is 157 Å². The van der Waals surface area contributed by atoms with Crippen molar-refractivity contribution in [3.63, 3.8) is 0 Å². The van der Waals surface area contributed by atoms with Crippen molar-refractivity contribution in [3.8, 4) is 23.3 Å². The van der Waals surface area contributed by atoms with Crippen LogP contribution in [0.3, 0.4) is 0 Å². The van der Waals surface area contributed by atoms with Crippen LogP contribution in [0.1, 0.15) is 155 Å². The van der Waals surface area contributed by atoms with Crippen LogP contribution < -0.4 is 26.4 Å². The molecule has 0 amide bonds. The number of phenols is 1. The average molecular weight is 1010 g/mol. The number of benzene rings is 3. The van der Waals surface area contributed by atoms with E-state index in [1.807, 2.05) is 24.3 Å². The zero-order chi connectivity index (χ0) is 51.6. The van der Waals surface area contributed by atoms with E-state index >= 15 is 4.79 Å². The van der Waals surface area contributed by atoms with Gasteiger partial charge < -0.3 is 46.7 Å². The van der Waals surface area contributed by atoms with Crippen LogP contribution in [-0.2, 0) is 16.0 Å². The molecule has 0 bridgehead atoms.